The van der Waals surface area contributed by atoms with Crippen LogP contribution in [-0.4, -0.2) is 6.61 Å². The first-order valence-corrected chi connectivity index (χ1v) is 18.0. The van der Waals surface area contributed by atoms with Gasteiger partial charge in [0.15, 0.2) is 5.75 Å². The summed E-state index contributed by atoms with van der Waals surface area (Å²) in [6, 6.07) is 49.8. The van der Waals surface area contributed by atoms with Crippen LogP contribution in [0.2, 0.25) is 0 Å². The summed E-state index contributed by atoms with van der Waals surface area (Å²) >= 11 is 0. The maximum atomic E-state index is 6.81. The molecule has 0 unspecified atom stereocenters. The van der Waals surface area contributed by atoms with E-state index in [0.717, 1.165) is 53.5 Å². The summed E-state index contributed by atoms with van der Waals surface area (Å²) in [7, 11) is 0. The van der Waals surface area contributed by atoms with Gasteiger partial charge in [0.1, 0.15) is 0 Å². The van der Waals surface area contributed by atoms with Crippen molar-refractivity contribution in [1.29, 1.82) is 0 Å². The van der Waals surface area contributed by atoms with Gasteiger partial charge in [0.25, 0.3) is 0 Å². The third-order valence-electron chi connectivity index (χ3n) is 8.23. The highest BCUT2D eigenvalue weighted by Crippen LogP contribution is 2.34. The molecule has 0 atom stereocenters. The Morgan fingerprint density at radius 1 is 0.321 bits per heavy atom. The van der Waals surface area contributed by atoms with Crippen molar-refractivity contribution in [3.8, 4) is 65.0 Å². The second-order valence-corrected chi connectivity index (χ2v) is 12.2. The Hall–Kier alpha value is -7.08. The van der Waals surface area contributed by atoms with Gasteiger partial charge in [-0.15, -0.1) is 0 Å². The SMILES string of the molecule is CCCCCCOc1c(C#Cc2ccccc2)c(C#Cc2ccccc2)c(C#Cc2ccccc2)c(C#Cc2ccccc2)c1C#Cc1ccccc1. The van der Waals surface area contributed by atoms with Crippen molar-refractivity contribution in [2.45, 2.75) is 32.6 Å². The van der Waals surface area contributed by atoms with Gasteiger partial charge in [-0.05, 0) is 67.1 Å². The molecule has 0 aliphatic rings. The number of hydrogen-bond acceptors (Lipinski definition) is 1. The van der Waals surface area contributed by atoms with E-state index in [-0.39, 0.29) is 0 Å². The number of ether oxygens (including phenoxy) is 1. The molecule has 0 spiro atoms. The summed E-state index contributed by atoms with van der Waals surface area (Å²) in [5.41, 5.74) is 7.66. The average Bonchev–Trinajstić information content (AvgIpc) is 3.22. The van der Waals surface area contributed by atoms with Gasteiger partial charge in [-0.3, -0.25) is 0 Å². The second kappa shape index (κ2) is 19.3. The molecule has 0 heterocycles. The Balaban J connectivity index is 1.73. The second-order valence-electron chi connectivity index (χ2n) is 12.2. The monoisotopic (exact) mass is 678 g/mol. The molecule has 1 heteroatoms. The fraction of sp³-hybridized carbons (Fsp3) is 0.115. The van der Waals surface area contributed by atoms with Crippen LogP contribution in [0.3, 0.4) is 0 Å². The Bertz CT molecular complexity index is 2300. The van der Waals surface area contributed by atoms with Crippen LogP contribution in [0, 0.1) is 59.2 Å². The molecular weight excluding hydrogens is 641 g/mol. The summed E-state index contributed by atoms with van der Waals surface area (Å²) in [5.74, 6) is 35.1. The van der Waals surface area contributed by atoms with Crippen LogP contribution in [0.5, 0.6) is 5.75 Å². The van der Waals surface area contributed by atoms with E-state index in [4.69, 9.17) is 4.74 Å². The summed E-state index contributed by atoms with van der Waals surface area (Å²) in [4.78, 5) is 0. The lowest BCUT2D eigenvalue weighted by Crippen LogP contribution is -2.08. The van der Waals surface area contributed by atoms with Gasteiger partial charge in [0.2, 0.25) is 0 Å². The van der Waals surface area contributed by atoms with E-state index in [0.29, 0.717) is 40.2 Å². The first-order chi connectivity index (χ1) is 26.3. The maximum absolute atomic E-state index is 6.81. The van der Waals surface area contributed by atoms with Crippen LogP contribution in [0.25, 0.3) is 0 Å². The van der Waals surface area contributed by atoms with Gasteiger partial charge in [-0.2, -0.15) is 0 Å². The minimum absolute atomic E-state index is 0.506. The smallest absolute Gasteiger partial charge is 0.153 e. The van der Waals surface area contributed by atoms with Gasteiger partial charge in [0.05, 0.1) is 34.4 Å². The van der Waals surface area contributed by atoms with Crippen molar-refractivity contribution in [2.75, 3.05) is 6.61 Å². The summed E-state index contributed by atoms with van der Waals surface area (Å²) in [6.45, 7) is 2.71. The Morgan fingerprint density at radius 3 is 0.906 bits per heavy atom. The topological polar surface area (TPSA) is 9.23 Å². The molecule has 0 saturated carbocycles. The summed E-state index contributed by atoms with van der Waals surface area (Å²) in [5, 5.41) is 0. The maximum Gasteiger partial charge on any atom is 0.153 e. The van der Waals surface area contributed by atoms with Crippen LogP contribution in [0.15, 0.2) is 152 Å². The van der Waals surface area contributed by atoms with Crippen LogP contribution < -0.4 is 4.74 Å². The standard InChI is InChI=1S/C52H38O/c1-2-3-4-20-41-53-52-50(39-34-45-27-16-8-17-28-45)48(37-32-43-23-12-6-13-24-43)47(36-31-42-21-10-5-11-22-42)49(38-33-44-25-14-7-15-26-44)51(52)40-35-46-29-18-9-19-30-46/h5-19,21-30H,2-4,20,41H2,1H3. The van der Waals surface area contributed by atoms with Crippen LogP contribution in [0.4, 0.5) is 0 Å². The third-order valence-corrected chi connectivity index (χ3v) is 8.23. The molecule has 6 aromatic carbocycles. The molecule has 0 aliphatic carbocycles. The zero-order valence-corrected chi connectivity index (χ0v) is 29.9. The number of rotatable bonds is 6. The van der Waals surface area contributed by atoms with E-state index in [9.17, 15) is 0 Å². The molecule has 6 rings (SSSR count). The first kappa shape index (κ1) is 35.7. The van der Waals surface area contributed by atoms with Gasteiger partial charge < -0.3 is 4.74 Å². The van der Waals surface area contributed by atoms with Gasteiger partial charge in [0, 0.05) is 27.8 Å². The lowest BCUT2D eigenvalue weighted by molar-refractivity contribution is 0.303. The van der Waals surface area contributed by atoms with E-state index >= 15 is 0 Å². The quantitative estimate of drug-likeness (QED) is 0.126. The fourth-order valence-electron chi connectivity index (χ4n) is 5.47. The van der Waals surface area contributed by atoms with E-state index in [1.165, 1.54) is 0 Å². The number of unbranched alkanes of at least 4 members (excludes halogenated alkanes) is 3. The molecule has 0 aromatic heterocycles. The van der Waals surface area contributed by atoms with E-state index in [1.54, 1.807) is 0 Å². The van der Waals surface area contributed by atoms with Crippen molar-refractivity contribution in [1.82, 2.24) is 0 Å². The van der Waals surface area contributed by atoms with Gasteiger partial charge in [-0.25, -0.2) is 0 Å². The zero-order chi connectivity index (χ0) is 36.3. The lowest BCUT2D eigenvalue weighted by atomic mass is 9.89. The van der Waals surface area contributed by atoms with E-state index < -0.39 is 0 Å². The molecule has 0 radical (unpaired) electrons. The predicted octanol–water partition coefficient (Wildman–Crippen LogP) is 10.6. The summed E-state index contributed by atoms with van der Waals surface area (Å²) in [6.07, 6.45) is 4.24. The van der Waals surface area contributed by atoms with Crippen molar-refractivity contribution in [2.24, 2.45) is 0 Å². The Morgan fingerprint density at radius 2 is 0.604 bits per heavy atom. The molecule has 0 N–H and O–H groups in total. The number of hydrogen-bond donors (Lipinski definition) is 0. The Kier molecular flexibility index (Phi) is 13.0. The van der Waals surface area contributed by atoms with Crippen molar-refractivity contribution >= 4 is 0 Å². The van der Waals surface area contributed by atoms with Crippen LogP contribution in [0.1, 0.15) is 88.2 Å². The molecule has 252 valence electrons. The first-order valence-electron chi connectivity index (χ1n) is 18.0. The highest BCUT2D eigenvalue weighted by Gasteiger charge is 2.22. The predicted molar refractivity (Wildman–Crippen MR) is 218 cm³/mol. The highest BCUT2D eigenvalue weighted by atomic mass is 16.5. The van der Waals surface area contributed by atoms with Gasteiger partial charge >= 0.3 is 0 Å². The van der Waals surface area contributed by atoms with E-state index in [1.807, 2.05) is 152 Å². The molecule has 0 fully saturated rings. The zero-order valence-electron chi connectivity index (χ0n) is 29.9. The molecular formula is C52H38O. The van der Waals surface area contributed by atoms with Crippen LogP contribution in [-0.2, 0) is 0 Å². The van der Waals surface area contributed by atoms with Crippen molar-refractivity contribution in [3.63, 3.8) is 0 Å². The molecule has 6 aromatic rings. The normalized spacial score (nSPS) is 9.60. The molecule has 0 saturated heterocycles. The van der Waals surface area contributed by atoms with E-state index in [2.05, 4.69) is 66.1 Å². The molecule has 1 nitrogen and oxygen atoms in total. The molecule has 53 heavy (non-hydrogen) atoms. The lowest BCUT2D eigenvalue weighted by Gasteiger charge is -2.17. The third kappa shape index (κ3) is 10.5. The molecule has 0 amide bonds. The highest BCUT2D eigenvalue weighted by molar-refractivity contribution is 5.78. The average molecular weight is 679 g/mol. The molecule has 0 aliphatic heterocycles. The van der Waals surface area contributed by atoms with Crippen molar-refractivity contribution < 1.29 is 4.74 Å². The fourth-order valence-corrected chi connectivity index (χ4v) is 5.47. The summed E-state index contributed by atoms with van der Waals surface area (Å²) < 4.78 is 6.81. The Labute approximate surface area is 315 Å². The van der Waals surface area contributed by atoms with Crippen molar-refractivity contribution in [3.05, 3.63) is 207 Å². The van der Waals surface area contributed by atoms with Crippen LogP contribution >= 0.6 is 0 Å². The molecule has 0 bridgehead atoms. The minimum Gasteiger partial charge on any atom is -0.491 e. The largest absolute Gasteiger partial charge is 0.491 e. The van der Waals surface area contributed by atoms with Gasteiger partial charge in [-0.1, -0.05) is 176 Å². The minimum atomic E-state index is 0.506. The number of benzene rings is 6.